The Hall–Kier alpha value is -1.37. The molecule has 0 atom stereocenters. The van der Waals surface area contributed by atoms with Gasteiger partial charge in [-0.15, -0.1) is 0 Å². The van der Waals surface area contributed by atoms with E-state index < -0.39 is 0 Å². The number of rotatable bonds is 1. The van der Waals surface area contributed by atoms with Crippen molar-refractivity contribution >= 4 is 0 Å². The summed E-state index contributed by atoms with van der Waals surface area (Å²) in [4.78, 5) is 1.58. The van der Waals surface area contributed by atoms with Crippen LogP contribution in [0.2, 0.25) is 0 Å². The van der Waals surface area contributed by atoms with E-state index in [1.165, 1.54) is 0 Å². The maximum atomic E-state index is 8.21. The van der Waals surface area contributed by atoms with Crippen LogP contribution >= 0.6 is 0 Å². The van der Waals surface area contributed by atoms with Gasteiger partial charge in [-0.25, -0.2) is 0 Å². The molecule has 0 aliphatic heterocycles. The minimum atomic E-state index is 0.0556. The van der Waals surface area contributed by atoms with E-state index in [9.17, 15) is 0 Å². The molecule has 0 aromatic rings. The third kappa shape index (κ3) is 1.91. The summed E-state index contributed by atoms with van der Waals surface area (Å²) in [5.41, 5.74) is 10.6. The monoisotopic (exact) mass is 126 g/mol. The summed E-state index contributed by atoms with van der Waals surface area (Å²) in [5.74, 6) is 0.303. The van der Waals surface area contributed by atoms with Crippen LogP contribution in [0.15, 0.2) is 11.5 Å². The maximum Gasteiger partial charge on any atom is 0.151 e. The molecule has 0 heterocycles. The van der Waals surface area contributed by atoms with Crippen molar-refractivity contribution < 1.29 is 0 Å². The standard InChI is InChI=1S/C5H10N4/c1-9(2)5(8)4(7)3-6/h7-8H2,1-2H3. The molecule has 0 bridgehead atoms. The summed E-state index contributed by atoms with van der Waals surface area (Å²) in [6, 6.07) is 1.74. The fourth-order valence-corrected chi connectivity index (χ4v) is 0.298. The lowest BCUT2D eigenvalue weighted by atomic mass is 10.5. The zero-order chi connectivity index (χ0) is 7.44. The van der Waals surface area contributed by atoms with Crippen molar-refractivity contribution in [2.75, 3.05) is 14.1 Å². The van der Waals surface area contributed by atoms with Gasteiger partial charge in [-0.3, -0.25) is 0 Å². The topological polar surface area (TPSA) is 79.1 Å². The molecular formula is C5H10N4. The highest BCUT2D eigenvalue weighted by Gasteiger charge is 1.97. The van der Waals surface area contributed by atoms with Crippen LogP contribution in [0.5, 0.6) is 0 Å². The first-order chi connectivity index (χ1) is 4.09. The van der Waals surface area contributed by atoms with Crippen LogP contribution in [-0.4, -0.2) is 19.0 Å². The van der Waals surface area contributed by atoms with E-state index in [-0.39, 0.29) is 5.70 Å². The highest BCUT2D eigenvalue weighted by atomic mass is 15.1. The van der Waals surface area contributed by atoms with E-state index in [0.29, 0.717) is 5.82 Å². The predicted octanol–water partition coefficient (Wildman–Crippen LogP) is -0.842. The van der Waals surface area contributed by atoms with Gasteiger partial charge in [-0.1, -0.05) is 0 Å². The van der Waals surface area contributed by atoms with Gasteiger partial charge in [0.2, 0.25) is 0 Å². The lowest BCUT2D eigenvalue weighted by Crippen LogP contribution is -2.23. The van der Waals surface area contributed by atoms with Gasteiger partial charge in [0, 0.05) is 14.1 Å². The minimum absolute atomic E-state index is 0.0556. The van der Waals surface area contributed by atoms with E-state index >= 15 is 0 Å². The molecule has 4 nitrogen and oxygen atoms in total. The Labute approximate surface area is 54.3 Å². The van der Waals surface area contributed by atoms with E-state index in [2.05, 4.69) is 0 Å². The predicted molar refractivity (Wildman–Crippen MR) is 34.7 cm³/mol. The molecule has 0 aliphatic carbocycles. The zero-order valence-electron chi connectivity index (χ0n) is 5.55. The van der Waals surface area contributed by atoms with E-state index in [0.717, 1.165) is 0 Å². The molecule has 0 saturated heterocycles. The quantitative estimate of drug-likeness (QED) is 0.449. The number of nitrogens with zero attached hydrogens (tertiary/aromatic N) is 2. The molecule has 0 aromatic carbocycles. The van der Waals surface area contributed by atoms with Gasteiger partial charge in [0.05, 0.1) is 0 Å². The fraction of sp³-hybridized carbons (Fsp3) is 0.400. The van der Waals surface area contributed by atoms with Gasteiger partial charge in [0.25, 0.3) is 0 Å². The molecule has 0 radical (unpaired) electrons. The van der Waals surface area contributed by atoms with E-state index in [1.807, 2.05) is 0 Å². The van der Waals surface area contributed by atoms with Crippen molar-refractivity contribution in [3.05, 3.63) is 11.5 Å². The largest absolute Gasteiger partial charge is 0.387 e. The summed E-state index contributed by atoms with van der Waals surface area (Å²) in [6.07, 6.45) is 0. The summed E-state index contributed by atoms with van der Waals surface area (Å²) in [5, 5.41) is 8.21. The second-order valence-electron chi connectivity index (χ2n) is 1.81. The highest BCUT2D eigenvalue weighted by Crippen LogP contribution is 1.90. The highest BCUT2D eigenvalue weighted by molar-refractivity contribution is 5.20. The second-order valence-corrected chi connectivity index (χ2v) is 1.81. The Morgan fingerprint density at radius 3 is 2.00 bits per heavy atom. The van der Waals surface area contributed by atoms with Crippen molar-refractivity contribution in [1.82, 2.24) is 4.90 Å². The van der Waals surface area contributed by atoms with Crippen LogP contribution in [0.4, 0.5) is 0 Å². The maximum absolute atomic E-state index is 8.21. The Balaban J connectivity index is 4.34. The van der Waals surface area contributed by atoms with Crippen LogP contribution in [0.1, 0.15) is 0 Å². The zero-order valence-corrected chi connectivity index (χ0v) is 5.55. The fourth-order valence-electron chi connectivity index (χ4n) is 0.298. The molecule has 9 heavy (non-hydrogen) atoms. The van der Waals surface area contributed by atoms with Crippen LogP contribution in [0.3, 0.4) is 0 Å². The van der Waals surface area contributed by atoms with Crippen LogP contribution in [0.25, 0.3) is 0 Å². The van der Waals surface area contributed by atoms with Gasteiger partial charge in [-0.2, -0.15) is 5.26 Å². The Bertz CT molecular complexity index is 162. The first-order valence-corrected chi connectivity index (χ1v) is 2.42. The first kappa shape index (κ1) is 7.63. The lowest BCUT2D eigenvalue weighted by molar-refractivity contribution is 0.500. The Morgan fingerprint density at radius 1 is 1.44 bits per heavy atom. The SMILES string of the molecule is CN(C)C(N)=C(N)C#N. The van der Waals surface area contributed by atoms with Crippen molar-refractivity contribution in [2.24, 2.45) is 11.5 Å². The number of nitriles is 1. The normalized spacial score (nSPS) is 11.7. The summed E-state index contributed by atoms with van der Waals surface area (Å²) in [7, 11) is 3.44. The summed E-state index contributed by atoms with van der Waals surface area (Å²) < 4.78 is 0. The first-order valence-electron chi connectivity index (χ1n) is 2.42. The number of hydrogen-bond acceptors (Lipinski definition) is 4. The van der Waals surface area contributed by atoms with Gasteiger partial charge in [0.15, 0.2) is 5.70 Å². The molecule has 0 fully saturated rings. The molecule has 0 unspecified atom stereocenters. The van der Waals surface area contributed by atoms with Crippen molar-refractivity contribution in [3.63, 3.8) is 0 Å². The van der Waals surface area contributed by atoms with Crippen molar-refractivity contribution in [2.45, 2.75) is 0 Å². The van der Waals surface area contributed by atoms with E-state index in [4.69, 9.17) is 16.7 Å². The number of allylic oxidation sites excluding steroid dienone is 1. The third-order valence-electron chi connectivity index (χ3n) is 0.878. The van der Waals surface area contributed by atoms with Gasteiger partial charge in [0.1, 0.15) is 11.9 Å². The molecule has 0 amide bonds. The van der Waals surface area contributed by atoms with Crippen LogP contribution < -0.4 is 11.5 Å². The average molecular weight is 126 g/mol. The van der Waals surface area contributed by atoms with Crippen LogP contribution in [0, 0.1) is 11.3 Å². The molecule has 4 N–H and O–H groups in total. The van der Waals surface area contributed by atoms with Crippen LogP contribution in [-0.2, 0) is 0 Å². The second kappa shape index (κ2) is 2.82. The smallest absolute Gasteiger partial charge is 0.151 e. The molecule has 0 rings (SSSR count). The summed E-state index contributed by atoms with van der Waals surface area (Å²) >= 11 is 0. The molecule has 0 saturated carbocycles. The number of nitrogens with two attached hydrogens (primary N) is 2. The molecule has 0 aromatic heterocycles. The minimum Gasteiger partial charge on any atom is -0.387 e. The third-order valence-corrected chi connectivity index (χ3v) is 0.878. The molecule has 50 valence electrons. The molecule has 0 spiro atoms. The van der Waals surface area contributed by atoms with Crippen molar-refractivity contribution in [1.29, 1.82) is 5.26 Å². The molecule has 0 aliphatic rings. The number of hydrogen-bond donors (Lipinski definition) is 2. The van der Waals surface area contributed by atoms with Gasteiger partial charge >= 0.3 is 0 Å². The molecular weight excluding hydrogens is 116 g/mol. The Morgan fingerprint density at radius 2 is 1.89 bits per heavy atom. The van der Waals surface area contributed by atoms with Crippen molar-refractivity contribution in [3.8, 4) is 6.07 Å². The van der Waals surface area contributed by atoms with Gasteiger partial charge in [-0.05, 0) is 0 Å². The molecule has 4 heteroatoms. The Kier molecular flexibility index (Phi) is 2.39. The summed E-state index contributed by atoms with van der Waals surface area (Å²) in [6.45, 7) is 0. The van der Waals surface area contributed by atoms with Gasteiger partial charge < -0.3 is 16.4 Å². The van der Waals surface area contributed by atoms with E-state index in [1.54, 1.807) is 25.1 Å². The average Bonchev–Trinajstić information content (AvgIpc) is 1.84. The lowest BCUT2D eigenvalue weighted by Gasteiger charge is -2.11.